The Balaban J connectivity index is 1.62. The molecule has 0 spiro atoms. The Morgan fingerprint density at radius 2 is 1.00 bits per heavy atom. The second-order valence-corrected chi connectivity index (χ2v) is 8.49. The van der Waals surface area contributed by atoms with Gasteiger partial charge in [0.15, 0.2) is 5.78 Å². The Morgan fingerprint density at radius 3 is 1.34 bits per heavy atom. The van der Waals surface area contributed by atoms with Crippen LogP contribution >= 0.6 is 0 Å². The maximum Gasteiger partial charge on any atom is 0.165 e. The molecule has 0 radical (unpaired) electrons. The predicted molar refractivity (Wildman–Crippen MR) is 117 cm³/mol. The average molecular weight is 389 g/mol. The molecule has 3 nitrogen and oxygen atoms in total. The molecule has 0 fully saturated rings. The number of ketones is 1. The molecule has 3 rings (SSSR count). The molecular weight excluding hydrogens is 360 g/mol. The van der Waals surface area contributed by atoms with Gasteiger partial charge in [0.1, 0.15) is 23.0 Å². The van der Waals surface area contributed by atoms with E-state index in [2.05, 4.69) is 32.9 Å². The van der Waals surface area contributed by atoms with Gasteiger partial charge in [-0.25, -0.2) is 0 Å². The number of hydrogen-bond acceptors (Lipinski definition) is 3. The molecule has 0 heterocycles. The molecule has 0 bridgehead atoms. The number of carbonyl (C=O) groups is 1. The molecular formula is C26H28O3. The van der Waals surface area contributed by atoms with Gasteiger partial charge < -0.3 is 9.47 Å². The van der Waals surface area contributed by atoms with Crippen molar-refractivity contribution in [1.82, 2.24) is 0 Å². The number of hydrogen-bond donors (Lipinski definition) is 0. The van der Waals surface area contributed by atoms with E-state index in [1.165, 1.54) is 5.56 Å². The molecule has 0 aliphatic rings. The lowest BCUT2D eigenvalue weighted by molar-refractivity contribution is 0.0939. The summed E-state index contributed by atoms with van der Waals surface area (Å²) in [5.41, 5.74) is 2.10. The zero-order valence-electron chi connectivity index (χ0n) is 17.7. The maximum absolute atomic E-state index is 12.0. The standard InChI is InChI=1S/C26H28O3/c1-18(2)25(27)19-6-10-21(11-7-19)28-23-14-16-24(17-15-23)29-22-12-8-20(9-13-22)26(3,4)5/h6-18H,1-5H3. The third-order valence-electron chi connectivity index (χ3n) is 4.68. The third-order valence-corrected chi connectivity index (χ3v) is 4.68. The SMILES string of the molecule is CC(C)C(=O)c1ccc(Oc2ccc(Oc3ccc(C(C)(C)C)cc3)cc2)cc1. The summed E-state index contributed by atoms with van der Waals surface area (Å²) in [6, 6.07) is 22.9. The summed E-state index contributed by atoms with van der Waals surface area (Å²) in [4.78, 5) is 12.0. The van der Waals surface area contributed by atoms with Crippen LogP contribution < -0.4 is 9.47 Å². The first-order valence-corrected chi connectivity index (χ1v) is 9.93. The van der Waals surface area contributed by atoms with Crippen LogP contribution in [-0.2, 0) is 5.41 Å². The second-order valence-electron chi connectivity index (χ2n) is 8.49. The lowest BCUT2D eigenvalue weighted by atomic mass is 9.87. The first-order chi connectivity index (χ1) is 13.7. The summed E-state index contributed by atoms with van der Waals surface area (Å²) in [5, 5.41) is 0. The Kier molecular flexibility index (Phi) is 6.07. The van der Waals surface area contributed by atoms with E-state index < -0.39 is 0 Å². The Hall–Kier alpha value is -3.07. The summed E-state index contributed by atoms with van der Waals surface area (Å²) in [6.07, 6.45) is 0. The van der Waals surface area contributed by atoms with E-state index >= 15 is 0 Å². The molecule has 29 heavy (non-hydrogen) atoms. The van der Waals surface area contributed by atoms with Crippen molar-refractivity contribution in [2.45, 2.75) is 40.0 Å². The minimum absolute atomic E-state index is 0.0148. The Labute approximate surface area is 173 Å². The monoisotopic (exact) mass is 388 g/mol. The fraction of sp³-hybridized carbons (Fsp3) is 0.269. The van der Waals surface area contributed by atoms with E-state index in [4.69, 9.17) is 9.47 Å². The van der Waals surface area contributed by atoms with Crippen LogP contribution in [0.3, 0.4) is 0 Å². The van der Waals surface area contributed by atoms with Gasteiger partial charge >= 0.3 is 0 Å². The fourth-order valence-corrected chi connectivity index (χ4v) is 2.89. The van der Waals surface area contributed by atoms with Crippen LogP contribution in [0, 0.1) is 5.92 Å². The van der Waals surface area contributed by atoms with Crippen molar-refractivity contribution in [2.24, 2.45) is 5.92 Å². The van der Waals surface area contributed by atoms with Crippen LogP contribution in [-0.4, -0.2) is 5.78 Å². The zero-order chi connectivity index (χ0) is 21.0. The zero-order valence-corrected chi connectivity index (χ0v) is 17.7. The van der Waals surface area contributed by atoms with Crippen molar-refractivity contribution in [1.29, 1.82) is 0 Å². The van der Waals surface area contributed by atoms with Crippen LogP contribution in [0.4, 0.5) is 0 Å². The quantitative estimate of drug-likeness (QED) is 0.412. The molecule has 3 aromatic rings. The van der Waals surface area contributed by atoms with Gasteiger partial charge in [0.05, 0.1) is 0 Å². The number of benzene rings is 3. The van der Waals surface area contributed by atoms with Gasteiger partial charge in [-0.05, 0) is 71.6 Å². The van der Waals surface area contributed by atoms with Crippen LogP contribution in [0.2, 0.25) is 0 Å². The van der Waals surface area contributed by atoms with Crippen LogP contribution in [0.5, 0.6) is 23.0 Å². The summed E-state index contributed by atoms with van der Waals surface area (Å²) in [7, 11) is 0. The van der Waals surface area contributed by atoms with Crippen LogP contribution in [0.15, 0.2) is 72.8 Å². The summed E-state index contributed by atoms with van der Waals surface area (Å²) >= 11 is 0. The molecule has 0 unspecified atom stereocenters. The second kappa shape index (κ2) is 8.52. The van der Waals surface area contributed by atoms with Crippen LogP contribution in [0.1, 0.15) is 50.5 Å². The van der Waals surface area contributed by atoms with Crippen molar-refractivity contribution in [3.05, 3.63) is 83.9 Å². The highest BCUT2D eigenvalue weighted by Gasteiger charge is 2.13. The first kappa shape index (κ1) is 20.7. The topological polar surface area (TPSA) is 35.5 Å². The molecule has 0 aromatic heterocycles. The van der Waals surface area contributed by atoms with E-state index in [0.717, 1.165) is 11.5 Å². The van der Waals surface area contributed by atoms with Gasteiger partial charge in [0.25, 0.3) is 0 Å². The van der Waals surface area contributed by atoms with E-state index in [1.807, 2.05) is 62.4 Å². The lowest BCUT2D eigenvalue weighted by Crippen LogP contribution is -2.10. The van der Waals surface area contributed by atoms with Crippen molar-refractivity contribution in [3.63, 3.8) is 0 Å². The maximum atomic E-state index is 12.0. The number of ether oxygens (including phenoxy) is 2. The van der Waals surface area contributed by atoms with Gasteiger partial charge in [-0.2, -0.15) is 0 Å². The van der Waals surface area contributed by atoms with Gasteiger partial charge in [-0.15, -0.1) is 0 Å². The number of rotatable bonds is 6. The Bertz CT molecular complexity index is 945. The highest BCUT2D eigenvalue weighted by Crippen LogP contribution is 2.29. The highest BCUT2D eigenvalue weighted by atomic mass is 16.5. The molecule has 3 heteroatoms. The van der Waals surface area contributed by atoms with E-state index in [1.54, 1.807) is 12.1 Å². The summed E-state index contributed by atoms with van der Waals surface area (Å²) < 4.78 is 11.8. The lowest BCUT2D eigenvalue weighted by Gasteiger charge is -2.19. The largest absolute Gasteiger partial charge is 0.457 e. The number of Topliss-reactive ketones (excluding diaryl/α,β-unsaturated/α-hetero) is 1. The summed E-state index contributed by atoms with van der Waals surface area (Å²) in [6.45, 7) is 10.4. The Morgan fingerprint density at radius 1 is 0.655 bits per heavy atom. The van der Waals surface area contributed by atoms with Crippen molar-refractivity contribution in [3.8, 4) is 23.0 Å². The highest BCUT2D eigenvalue weighted by molar-refractivity contribution is 5.97. The van der Waals surface area contributed by atoms with Crippen LogP contribution in [0.25, 0.3) is 0 Å². The minimum Gasteiger partial charge on any atom is -0.457 e. The molecule has 0 N–H and O–H groups in total. The smallest absolute Gasteiger partial charge is 0.165 e. The molecule has 3 aromatic carbocycles. The molecule has 0 aliphatic carbocycles. The molecule has 0 atom stereocenters. The fourth-order valence-electron chi connectivity index (χ4n) is 2.89. The molecule has 150 valence electrons. The molecule has 0 saturated heterocycles. The van der Waals surface area contributed by atoms with Crippen molar-refractivity contribution < 1.29 is 14.3 Å². The molecule has 0 aliphatic heterocycles. The minimum atomic E-state index is -0.0148. The summed E-state index contributed by atoms with van der Waals surface area (Å²) in [5.74, 6) is 3.07. The third kappa shape index (κ3) is 5.47. The van der Waals surface area contributed by atoms with E-state index in [-0.39, 0.29) is 17.1 Å². The van der Waals surface area contributed by atoms with E-state index in [0.29, 0.717) is 17.1 Å². The normalized spacial score (nSPS) is 11.4. The van der Waals surface area contributed by atoms with Gasteiger partial charge in [-0.1, -0.05) is 46.8 Å². The van der Waals surface area contributed by atoms with Gasteiger partial charge in [0, 0.05) is 11.5 Å². The molecule has 0 amide bonds. The van der Waals surface area contributed by atoms with Crippen molar-refractivity contribution >= 4 is 5.78 Å². The predicted octanol–water partition coefficient (Wildman–Crippen LogP) is 7.41. The van der Waals surface area contributed by atoms with Gasteiger partial charge in [-0.3, -0.25) is 4.79 Å². The van der Waals surface area contributed by atoms with Crippen molar-refractivity contribution in [2.75, 3.05) is 0 Å². The van der Waals surface area contributed by atoms with E-state index in [9.17, 15) is 4.79 Å². The average Bonchev–Trinajstić information content (AvgIpc) is 2.69. The number of carbonyl (C=O) groups excluding carboxylic acids is 1. The molecule has 0 saturated carbocycles. The first-order valence-electron chi connectivity index (χ1n) is 9.93. The van der Waals surface area contributed by atoms with Gasteiger partial charge in [0.2, 0.25) is 0 Å².